The summed E-state index contributed by atoms with van der Waals surface area (Å²) in [6.07, 6.45) is 2.58. The zero-order valence-electron chi connectivity index (χ0n) is 11.3. The van der Waals surface area contributed by atoms with Crippen molar-refractivity contribution in [3.05, 3.63) is 53.7 Å². The summed E-state index contributed by atoms with van der Waals surface area (Å²) in [6.45, 7) is 0.750. The first-order chi connectivity index (χ1) is 9.70. The summed E-state index contributed by atoms with van der Waals surface area (Å²) in [5.41, 5.74) is 7.64. The van der Waals surface area contributed by atoms with Gasteiger partial charge in [-0.25, -0.2) is 4.98 Å². The quantitative estimate of drug-likeness (QED) is 0.799. The fourth-order valence-electron chi connectivity index (χ4n) is 1.90. The van der Waals surface area contributed by atoms with E-state index >= 15 is 0 Å². The Morgan fingerprint density at radius 2 is 2.20 bits per heavy atom. The average molecular weight is 287 g/mol. The molecule has 104 valence electrons. The van der Waals surface area contributed by atoms with E-state index in [9.17, 15) is 0 Å². The van der Waals surface area contributed by atoms with E-state index in [0.717, 1.165) is 30.1 Å². The maximum atomic E-state index is 5.67. The number of thiocarbonyl (C=S) groups is 1. The number of hydrogen-bond donors (Lipinski definition) is 2. The standard InChI is InChI=1S/C15H17N3OS/c1-19-12-5-2-4-11(10-12)7-9-18-15-13(14(16)20)6-3-8-17-15/h2-6,8,10H,7,9H2,1H3,(H2,16,20)(H,17,18). The fraction of sp³-hybridized carbons (Fsp3) is 0.200. The summed E-state index contributed by atoms with van der Waals surface area (Å²) in [5, 5.41) is 3.26. The van der Waals surface area contributed by atoms with Gasteiger partial charge in [0.25, 0.3) is 0 Å². The number of nitrogens with zero attached hydrogens (tertiary/aromatic N) is 1. The first-order valence-corrected chi connectivity index (χ1v) is 6.73. The first kappa shape index (κ1) is 14.3. The summed E-state index contributed by atoms with van der Waals surface area (Å²) in [7, 11) is 1.67. The molecule has 2 rings (SSSR count). The largest absolute Gasteiger partial charge is 0.497 e. The summed E-state index contributed by atoms with van der Waals surface area (Å²) in [4.78, 5) is 4.61. The summed E-state index contributed by atoms with van der Waals surface area (Å²) >= 11 is 5.01. The molecule has 0 atom stereocenters. The molecule has 20 heavy (non-hydrogen) atoms. The van der Waals surface area contributed by atoms with Crippen LogP contribution in [0.3, 0.4) is 0 Å². The third-order valence-corrected chi connectivity index (χ3v) is 3.13. The topological polar surface area (TPSA) is 60.2 Å². The lowest BCUT2D eigenvalue weighted by molar-refractivity contribution is 0.414. The minimum Gasteiger partial charge on any atom is -0.497 e. The van der Waals surface area contributed by atoms with Crippen molar-refractivity contribution in [2.75, 3.05) is 19.0 Å². The smallest absolute Gasteiger partial charge is 0.136 e. The maximum absolute atomic E-state index is 5.67. The lowest BCUT2D eigenvalue weighted by Crippen LogP contribution is -2.15. The minimum atomic E-state index is 0.349. The average Bonchev–Trinajstić information content (AvgIpc) is 2.48. The molecule has 5 heteroatoms. The Morgan fingerprint density at radius 3 is 2.95 bits per heavy atom. The van der Waals surface area contributed by atoms with Crippen LogP contribution in [0.5, 0.6) is 5.75 Å². The van der Waals surface area contributed by atoms with E-state index in [2.05, 4.69) is 16.4 Å². The Bertz CT molecular complexity index is 601. The Balaban J connectivity index is 1.97. The van der Waals surface area contributed by atoms with Crippen LogP contribution in [-0.2, 0) is 6.42 Å². The molecule has 0 spiro atoms. The number of ether oxygens (including phenoxy) is 1. The number of nitrogens with two attached hydrogens (primary N) is 1. The van der Waals surface area contributed by atoms with E-state index < -0.39 is 0 Å². The van der Waals surface area contributed by atoms with Crippen LogP contribution in [0.1, 0.15) is 11.1 Å². The van der Waals surface area contributed by atoms with Crippen molar-refractivity contribution in [3.8, 4) is 5.75 Å². The predicted molar refractivity (Wildman–Crippen MR) is 85.3 cm³/mol. The highest BCUT2D eigenvalue weighted by Gasteiger charge is 2.05. The molecule has 0 unspecified atom stereocenters. The molecule has 0 saturated heterocycles. The van der Waals surface area contributed by atoms with Crippen LogP contribution in [0.25, 0.3) is 0 Å². The van der Waals surface area contributed by atoms with E-state index in [1.54, 1.807) is 13.3 Å². The van der Waals surface area contributed by atoms with Gasteiger partial charge < -0.3 is 15.8 Å². The lowest BCUT2D eigenvalue weighted by Gasteiger charge is -2.10. The van der Waals surface area contributed by atoms with E-state index in [-0.39, 0.29) is 0 Å². The number of aromatic nitrogens is 1. The van der Waals surface area contributed by atoms with Crippen molar-refractivity contribution >= 4 is 23.0 Å². The number of anilines is 1. The molecule has 3 N–H and O–H groups in total. The Morgan fingerprint density at radius 1 is 1.35 bits per heavy atom. The molecule has 4 nitrogen and oxygen atoms in total. The van der Waals surface area contributed by atoms with Gasteiger partial charge in [0.1, 0.15) is 16.6 Å². The molecule has 0 amide bonds. The number of nitrogens with one attached hydrogen (secondary N) is 1. The zero-order valence-corrected chi connectivity index (χ0v) is 12.1. The molecule has 0 fully saturated rings. The molecule has 0 saturated carbocycles. The van der Waals surface area contributed by atoms with Crippen molar-refractivity contribution in [1.29, 1.82) is 0 Å². The van der Waals surface area contributed by atoms with Crippen LogP contribution in [0, 0.1) is 0 Å². The van der Waals surface area contributed by atoms with Gasteiger partial charge in [-0.15, -0.1) is 0 Å². The zero-order chi connectivity index (χ0) is 14.4. The highest BCUT2D eigenvalue weighted by Crippen LogP contribution is 2.14. The second kappa shape index (κ2) is 6.86. The fourth-order valence-corrected chi connectivity index (χ4v) is 2.06. The van der Waals surface area contributed by atoms with Gasteiger partial charge in [0.05, 0.1) is 12.7 Å². The van der Waals surface area contributed by atoms with Gasteiger partial charge in [0, 0.05) is 12.7 Å². The van der Waals surface area contributed by atoms with Gasteiger partial charge in [-0.3, -0.25) is 0 Å². The molecular weight excluding hydrogens is 270 g/mol. The highest BCUT2D eigenvalue weighted by molar-refractivity contribution is 7.80. The monoisotopic (exact) mass is 287 g/mol. The lowest BCUT2D eigenvalue weighted by atomic mass is 10.1. The van der Waals surface area contributed by atoms with Crippen LogP contribution in [0.15, 0.2) is 42.6 Å². The molecule has 0 aliphatic rings. The van der Waals surface area contributed by atoms with E-state index in [1.807, 2.05) is 30.3 Å². The van der Waals surface area contributed by atoms with E-state index in [4.69, 9.17) is 22.7 Å². The SMILES string of the molecule is COc1cccc(CCNc2ncccc2C(N)=S)c1. The Kier molecular flexibility index (Phi) is 4.90. The number of hydrogen-bond acceptors (Lipinski definition) is 4. The number of benzene rings is 1. The summed E-state index contributed by atoms with van der Waals surface area (Å²) in [6, 6.07) is 11.7. The van der Waals surface area contributed by atoms with Crippen molar-refractivity contribution in [3.63, 3.8) is 0 Å². The van der Waals surface area contributed by atoms with Gasteiger partial charge in [-0.2, -0.15) is 0 Å². The van der Waals surface area contributed by atoms with Gasteiger partial charge in [-0.1, -0.05) is 24.4 Å². The Labute approximate surface area is 124 Å². The van der Waals surface area contributed by atoms with Gasteiger partial charge in [-0.05, 0) is 36.2 Å². The molecule has 0 aliphatic heterocycles. The molecule has 1 heterocycles. The third kappa shape index (κ3) is 3.68. The second-order valence-electron chi connectivity index (χ2n) is 4.29. The summed E-state index contributed by atoms with van der Waals surface area (Å²) in [5.74, 6) is 1.59. The minimum absolute atomic E-state index is 0.349. The van der Waals surface area contributed by atoms with Crippen LogP contribution < -0.4 is 15.8 Å². The predicted octanol–water partition coefficient (Wildman–Crippen LogP) is 2.38. The van der Waals surface area contributed by atoms with Crippen molar-refractivity contribution < 1.29 is 4.74 Å². The van der Waals surface area contributed by atoms with Gasteiger partial charge >= 0.3 is 0 Å². The Hall–Kier alpha value is -2.14. The van der Waals surface area contributed by atoms with Gasteiger partial charge in [0.15, 0.2) is 0 Å². The number of pyridine rings is 1. The number of methoxy groups -OCH3 is 1. The molecule has 1 aromatic heterocycles. The van der Waals surface area contributed by atoms with Crippen LogP contribution >= 0.6 is 12.2 Å². The maximum Gasteiger partial charge on any atom is 0.136 e. The van der Waals surface area contributed by atoms with E-state index in [0.29, 0.717) is 4.99 Å². The second-order valence-corrected chi connectivity index (χ2v) is 4.73. The summed E-state index contributed by atoms with van der Waals surface area (Å²) < 4.78 is 5.20. The normalized spacial score (nSPS) is 10.1. The molecule has 0 aliphatic carbocycles. The highest BCUT2D eigenvalue weighted by atomic mass is 32.1. The molecule has 0 radical (unpaired) electrons. The van der Waals surface area contributed by atoms with Crippen LogP contribution in [-0.4, -0.2) is 23.6 Å². The third-order valence-electron chi connectivity index (χ3n) is 2.91. The number of rotatable bonds is 6. The van der Waals surface area contributed by atoms with E-state index in [1.165, 1.54) is 5.56 Å². The van der Waals surface area contributed by atoms with Crippen molar-refractivity contribution in [2.24, 2.45) is 5.73 Å². The molecule has 2 aromatic rings. The van der Waals surface area contributed by atoms with Crippen molar-refractivity contribution in [2.45, 2.75) is 6.42 Å². The molecule has 0 bridgehead atoms. The molecule has 1 aromatic carbocycles. The van der Waals surface area contributed by atoms with Crippen LogP contribution in [0.2, 0.25) is 0 Å². The van der Waals surface area contributed by atoms with Crippen molar-refractivity contribution in [1.82, 2.24) is 4.98 Å². The van der Waals surface area contributed by atoms with Crippen LogP contribution in [0.4, 0.5) is 5.82 Å². The molecular formula is C15H17N3OS. The first-order valence-electron chi connectivity index (χ1n) is 6.32. The van der Waals surface area contributed by atoms with Gasteiger partial charge in [0.2, 0.25) is 0 Å².